The number of halogens is 2. The number of amides is 1. The molecule has 2 aromatic rings. The maximum atomic E-state index is 12.9. The monoisotopic (exact) mass is 457 g/mol. The fourth-order valence-corrected chi connectivity index (χ4v) is 5.23. The Morgan fingerprint density at radius 3 is 2.34 bits per heavy atom. The van der Waals surface area contributed by atoms with Gasteiger partial charge in [-0.05, 0) is 31.2 Å². The number of benzene rings is 2. The van der Waals surface area contributed by atoms with Crippen LogP contribution in [0.1, 0.15) is 15.9 Å². The first-order valence-electron chi connectivity index (χ1n) is 8.61. The van der Waals surface area contributed by atoms with E-state index >= 15 is 0 Å². The molecule has 1 aliphatic rings. The number of carbonyl (C=O) groups excluding carboxylic acids is 1. The number of piperazine rings is 1. The minimum absolute atomic E-state index is 0.0693. The van der Waals surface area contributed by atoms with Gasteiger partial charge in [0, 0.05) is 48.4 Å². The molecule has 154 valence electrons. The summed E-state index contributed by atoms with van der Waals surface area (Å²) in [5.74, 6) is -0.383. The van der Waals surface area contributed by atoms with E-state index < -0.39 is 14.9 Å². The average Bonchev–Trinajstić information content (AvgIpc) is 2.69. The molecule has 0 atom stereocenters. The smallest absolute Gasteiger partial charge is 0.273 e. The minimum atomic E-state index is -3.86. The van der Waals surface area contributed by atoms with Crippen molar-refractivity contribution in [3.05, 3.63) is 67.7 Å². The maximum Gasteiger partial charge on any atom is 0.273 e. The number of nitro benzene ring substituents is 1. The fraction of sp³-hybridized carbons (Fsp3) is 0.278. The third kappa shape index (κ3) is 4.37. The van der Waals surface area contributed by atoms with Crippen LogP contribution < -0.4 is 0 Å². The highest BCUT2D eigenvalue weighted by atomic mass is 35.5. The van der Waals surface area contributed by atoms with Crippen molar-refractivity contribution in [2.75, 3.05) is 26.2 Å². The van der Waals surface area contributed by atoms with Crippen LogP contribution >= 0.6 is 23.2 Å². The van der Waals surface area contributed by atoms with E-state index in [1.165, 1.54) is 45.6 Å². The SMILES string of the molecule is Cc1ccc(C(=O)N2CCN(S(=O)(=O)c3cc(Cl)ccc3Cl)CC2)cc1[N+](=O)[O-]. The summed E-state index contributed by atoms with van der Waals surface area (Å²) in [7, 11) is -3.86. The number of nitro groups is 1. The molecular weight excluding hydrogens is 441 g/mol. The van der Waals surface area contributed by atoms with Crippen molar-refractivity contribution in [2.24, 2.45) is 0 Å². The molecule has 1 fully saturated rings. The molecule has 11 heteroatoms. The molecule has 3 rings (SSSR count). The van der Waals surface area contributed by atoms with Gasteiger partial charge in [0.15, 0.2) is 0 Å². The Bertz CT molecular complexity index is 1080. The molecule has 0 spiro atoms. The molecule has 1 saturated heterocycles. The van der Waals surface area contributed by atoms with Crippen LogP contribution in [0, 0.1) is 17.0 Å². The summed E-state index contributed by atoms with van der Waals surface area (Å²) in [5.41, 5.74) is 0.519. The van der Waals surface area contributed by atoms with Crippen LogP contribution in [0.4, 0.5) is 5.69 Å². The summed E-state index contributed by atoms with van der Waals surface area (Å²) in [4.78, 5) is 24.7. The summed E-state index contributed by atoms with van der Waals surface area (Å²) in [6.45, 7) is 2.04. The summed E-state index contributed by atoms with van der Waals surface area (Å²) < 4.78 is 27.0. The lowest BCUT2D eigenvalue weighted by atomic mass is 10.1. The topological polar surface area (TPSA) is 101 Å². The lowest BCUT2D eigenvalue weighted by molar-refractivity contribution is -0.385. The number of rotatable bonds is 4. The van der Waals surface area contributed by atoms with E-state index in [4.69, 9.17) is 23.2 Å². The summed E-state index contributed by atoms with van der Waals surface area (Å²) in [6.07, 6.45) is 0. The molecule has 0 aromatic heterocycles. The number of nitrogens with zero attached hydrogens (tertiary/aromatic N) is 3. The molecular formula is C18H17Cl2N3O5S. The van der Waals surface area contributed by atoms with E-state index in [0.29, 0.717) is 5.56 Å². The molecule has 1 aliphatic heterocycles. The Kier molecular flexibility index (Phi) is 6.13. The Morgan fingerprint density at radius 2 is 1.72 bits per heavy atom. The van der Waals surface area contributed by atoms with E-state index in [1.807, 2.05) is 0 Å². The predicted octanol–water partition coefficient (Wildman–Crippen LogP) is 3.36. The third-order valence-electron chi connectivity index (χ3n) is 4.69. The molecule has 29 heavy (non-hydrogen) atoms. The average molecular weight is 458 g/mol. The fourth-order valence-electron chi connectivity index (χ4n) is 3.07. The van der Waals surface area contributed by atoms with Gasteiger partial charge in [-0.25, -0.2) is 8.42 Å². The first-order valence-corrected chi connectivity index (χ1v) is 10.8. The molecule has 0 saturated carbocycles. The van der Waals surface area contributed by atoms with Crippen molar-refractivity contribution in [2.45, 2.75) is 11.8 Å². The van der Waals surface area contributed by atoms with Crippen LogP contribution in [0.5, 0.6) is 0 Å². The second-order valence-corrected chi connectivity index (χ2v) is 9.28. The number of sulfonamides is 1. The standard InChI is InChI=1S/C18H17Cl2N3O5S/c1-12-2-3-13(10-16(12)23(25)26)18(24)21-6-8-22(9-7-21)29(27,28)17-11-14(19)4-5-15(17)20/h2-5,10-11H,6-9H2,1H3. The molecule has 0 radical (unpaired) electrons. The highest BCUT2D eigenvalue weighted by molar-refractivity contribution is 7.89. The molecule has 0 unspecified atom stereocenters. The van der Waals surface area contributed by atoms with E-state index in [9.17, 15) is 23.3 Å². The number of hydrogen-bond donors (Lipinski definition) is 0. The summed E-state index contributed by atoms with van der Waals surface area (Å²) >= 11 is 11.9. The number of hydrogen-bond acceptors (Lipinski definition) is 5. The normalized spacial score (nSPS) is 15.3. The molecule has 0 aliphatic carbocycles. The van der Waals surface area contributed by atoms with Crippen LogP contribution in [0.2, 0.25) is 10.0 Å². The molecule has 2 aromatic carbocycles. The molecule has 0 bridgehead atoms. The van der Waals surface area contributed by atoms with Crippen molar-refractivity contribution in [1.82, 2.24) is 9.21 Å². The van der Waals surface area contributed by atoms with Crippen molar-refractivity contribution in [1.29, 1.82) is 0 Å². The first kappa shape index (κ1) is 21.5. The Labute approximate surface area is 177 Å². The van der Waals surface area contributed by atoms with Crippen LogP contribution in [-0.4, -0.2) is 54.6 Å². The van der Waals surface area contributed by atoms with Crippen molar-refractivity contribution in [3.8, 4) is 0 Å². The van der Waals surface area contributed by atoms with Gasteiger partial charge in [0.05, 0.1) is 9.95 Å². The van der Waals surface area contributed by atoms with Crippen LogP contribution in [-0.2, 0) is 10.0 Å². The number of carbonyl (C=O) groups is 1. The van der Waals surface area contributed by atoms with Gasteiger partial charge in [-0.1, -0.05) is 29.3 Å². The molecule has 0 N–H and O–H groups in total. The summed E-state index contributed by atoms with van der Waals surface area (Å²) in [6, 6.07) is 8.50. The highest BCUT2D eigenvalue weighted by Gasteiger charge is 2.32. The quantitative estimate of drug-likeness (QED) is 0.517. The maximum absolute atomic E-state index is 12.9. The van der Waals surface area contributed by atoms with Gasteiger partial charge in [0.2, 0.25) is 10.0 Å². The van der Waals surface area contributed by atoms with Crippen molar-refractivity contribution < 1.29 is 18.1 Å². The van der Waals surface area contributed by atoms with Crippen molar-refractivity contribution >= 4 is 44.8 Å². The third-order valence-corrected chi connectivity index (χ3v) is 7.31. The van der Waals surface area contributed by atoms with E-state index in [-0.39, 0.29) is 58.3 Å². The Hall–Kier alpha value is -2.20. The lowest BCUT2D eigenvalue weighted by Crippen LogP contribution is -2.50. The largest absolute Gasteiger partial charge is 0.336 e. The first-order chi connectivity index (χ1) is 13.6. The van der Waals surface area contributed by atoms with Crippen molar-refractivity contribution in [3.63, 3.8) is 0 Å². The zero-order valence-electron chi connectivity index (χ0n) is 15.3. The molecule has 1 heterocycles. The molecule has 1 amide bonds. The Balaban J connectivity index is 1.75. The zero-order chi connectivity index (χ0) is 21.3. The summed E-state index contributed by atoms with van der Waals surface area (Å²) in [5, 5.41) is 11.4. The van der Waals surface area contributed by atoms with Gasteiger partial charge in [-0.2, -0.15) is 4.31 Å². The van der Waals surface area contributed by atoms with E-state index in [0.717, 1.165) is 0 Å². The highest BCUT2D eigenvalue weighted by Crippen LogP contribution is 2.28. The van der Waals surface area contributed by atoms with E-state index in [2.05, 4.69) is 0 Å². The minimum Gasteiger partial charge on any atom is -0.336 e. The van der Waals surface area contributed by atoms with Crippen LogP contribution in [0.3, 0.4) is 0 Å². The van der Waals surface area contributed by atoms with Gasteiger partial charge in [0.25, 0.3) is 11.6 Å². The zero-order valence-corrected chi connectivity index (χ0v) is 17.7. The van der Waals surface area contributed by atoms with E-state index in [1.54, 1.807) is 6.92 Å². The lowest BCUT2D eigenvalue weighted by Gasteiger charge is -2.34. The van der Waals surface area contributed by atoms with Gasteiger partial charge >= 0.3 is 0 Å². The Morgan fingerprint density at radius 1 is 1.07 bits per heavy atom. The van der Waals surface area contributed by atoms with Gasteiger partial charge in [-0.15, -0.1) is 0 Å². The van der Waals surface area contributed by atoms with Crippen LogP contribution in [0.25, 0.3) is 0 Å². The second-order valence-electron chi connectivity index (χ2n) is 6.53. The van der Waals surface area contributed by atoms with Gasteiger partial charge in [0.1, 0.15) is 4.90 Å². The van der Waals surface area contributed by atoms with Crippen LogP contribution in [0.15, 0.2) is 41.3 Å². The second kappa shape index (κ2) is 8.27. The van der Waals surface area contributed by atoms with Gasteiger partial charge in [-0.3, -0.25) is 14.9 Å². The predicted molar refractivity (Wildman–Crippen MR) is 109 cm³/mol. The van der Waals surface area contributed by atoms with Gasteiger partial charge < -0.3 is 4.90 Å². The molecule has 8 nitrogen and oxygen atoms in total. The number of aryl methyl sites for hydroxylation is 1.